The van der Waals surface area contributed by atoms with Crippen LogP contribution in [0.1, 0.15) is 10.7 Å². The Morgan fingerprint density at radius 2 is 2.00 bits per heavy atom. The molecule has 0 saturated heterocycles. The predicted octanol–water partition coefficient (Wildman–Crippen LogP) is 2.90. The first-order valence-electron chi connectivity index (χ1n) is 7.41. The summed E-state index contributed by atoms with van der Waals surface area (Å²) >= 11 is 2.82. The highest BCUT2D eigenvalue weighted by molar-refractivity contribution is 7.99. The Balaban J connectivity index is 1.43. The average Bonchev–Trinajstić information content (AvgIpc) is 3.26. The molecule has 0 radical (unpaired) electrons. The Morgan fingerprint density at radius 3 is 2.76 bits per heavy atom. The smallest absolute Gasteiger partial charge is 0.308 e. The third-order valence-corrected chi connectivity index (χ3v) is 4.77. The van der Waals surface area contributed by atoms with Crippen LogP contribution in [0.25, 0.3) is 0 Å². The summed E-state index contributed by atoms with van der Waals surface area (Å²) in [5.74, 6) is 0.383. The quantitative estimate of drug-likeness (QED) is 0.577. The van der Waals surface area contributed by atoms with Crippen molar-refractivity contribution in [1.29, 1.82) is 0 Å². The van der Waals surface area contributed by atoms with Gasteiger partial charge in [-0.3, -0.25) is 15.2 Å². The summed E-state index contributed by atoms with van der Waals surface area (Å²) in [6.45, 7) is 0. The Kier molecular flexibility index (Phi) is 5.81. The predicted molar refractivity (Wildman–Crippen MR) is 97.8 cm³/mol. The number of H-pyrrole nitrogens is 1. The van der Waals surface area contributed by atoms with E-state index in [9.17, 15) is 9.59 Å². The fourth-order valence-electron chi connectivity index (χ4n) is 1.98. The highest BCUT2D eigenvalue weighted by atomic mass is 32.2. The maximum Gasteiger partial charge on any atom is 0.325 e. The van der Waals surface area contributed by atoms with Crippen molar-refractivity contribution in [2.45, 2.75) is 11.6 Å². The van der Waals surface area contributed by atoms with E-state index in [1.165, 1.54) is 16.6 Å². The number of aromatic nitrogens is 3. The maximum atomic E-state index is 11.8. The number of nitrogens with one attached hydrogen (secondary N) is 3. The Hall–Kier alpha value is -2.65. The zero-order valence-electron chi connectivity index (χ0n) is 13.1. The molecule has 0 aliphatic heterocycles. The first-order valence-corrected chi connectivity index (χ1v) is 9.28. The van der Waals surface area contributed by atoms with Gasteiger partial charge in [0.15, 0.2) is 0 Å². The second kappa shape index (κ2) is 8.45. The number of benzene rings is 1. The first-order chi connectivity index (χ1) is 12.2. The lowest BCUT2D eigenvalue weighted by molar-refractivity contribution is -0.117. The molecule has 3 rings (SSSR count). The van der Waals surface area contributed by atoms with E-state index in [1.54, 1.807) is 35.6 Å². The summed E-state index contributed by atoms with van der Waals surface area (Å²) in [7, 11) is 0. The molecule has 0 aliphatic rings. The number of para-hydroxylation sites is 1. The molecule has 7 nitrogen and oxygen atoms in total. The molecule has 25 heavy (non-hydrogen) atoms. The van der Waals surface area contributed by atoms with Crippen LogP contribution < -0.4 is 10.6 Å². The SMILES string of the molecule is O=C(CSc1n[nH]c(Cc2cccs2)n1)NC(=O)Nc1ccccc1. The van der Waals surface area contributed by atoms with Gasteiger partial charge in [0, 0.05) is 17.0 Å². The summed E-state index contributed by atoms with van der Waals surface area (Å²) in [5, 5.41) is 14.3. The average molecular weight is 373 g/mol. The molecule has 0 spiro atoms. The van der Waals surface area contributed by atoms with Crippen LogP contribution in [0.4, 0.5) is 10.5 Å². The van der Waals surface area contributed by atoms with E-state index in [1.807, 2.05) is 23.6 Å². The van der Waals surface area contributed by atoms with Gasteiger partial charge in [-0.15, -0.1) is 16.4 Å². The molecule has 1 aromatic carbocycles. The van der Waals surface area contributed by atoms with Crippen molar-refractivity contribution in [1.82, 2.24) is 20.5 Å². The monoisotopic (exact) mass is 373 g/mol. The van der Waals surface area contributed by atoms with Crippen LogP contribution >= 0.6 is 23.1 Å². The highest BCUT2D eigenvalue weighted by Gasteiger charge is 2.11. The molecule has 0 bridgehead atoms. The van der Waals surface area contributed by atoms with Crippen LogP contribution in [0, 0.1) is 0 Å². The lowest BCUT2D eigenvalue weighted by atomic mass is 10.3. The number of aromatic amines is 1. The number of carbonyl (C=O) groups is 2. The second-order valence-corrected chi connectivity index (χ2v) is 6.95. The molecule has 3 aromatic rings. The molecular formula is C16H15N5O2S2. The molecule has 2 aromatic heterocycles. The van der Waals surface area contributed by atoms with Crippen LogP contribution in [0.2, 0.25) is 0 Å². The van der Waals surface area contributed by atoms with Gasteiger partial charge in [0.1, 0.15) is 5.82 Å². The van der Waals surface area contributed by atoms with Crippen molar-refractivity contribution in [2.24, 2.45) is 0 Å². The van der Waals surface area contributed by atoms with Gasteiger partial charge in [-0.1, -0.05) is 36.0 Å². The summed E-state index contributed by atoms with van der Waals surface area (Å²) in [6, 6.07) is 12.4. The van der Waals surface area contributed by atoms with Gasteiger partial charge in [-0.25, -0.2) is 9.78 Å². The zero-order chi connectivity index (χ0) is 17.5. The fraction of sp³-hybridized carbons (Fsp3) is 0.125. The number of imide groups is 1. The number of urea groups is 1. The number of nitrogens with zero attached hydrogens (tertiary/aromatic N) is 2. The summed E-state index contributed by atoms with van der Waals surface area (Å²) < 4.78 is 0. The Morgan fingerprint density at radius 1 is 1.16 bits per heavy atom. The zero-order valence-corrected chi connectivity index (χ0v) is 14.7. The standard InChI is InChI=1S/C16H15N5O2S2/c22-14(19-15(23)17-11-5-2-1-3-6-11)10-25-16-18-13(20-21-16)9-12-7-4-8-24-12/h1-8H,9-10H2,(H,18,20,21)(H2,17,19,22,23). The molecule has 3 N–H and O–H groups in total. The number of carbonyl (C=O) groups excluding carboxylic acids is 2. The molecule has 2 heterocycles. The summed E-state index contributed by atoms with van der Waals surface area (Å²) in [6.07, 6.45) is 0.677. The van der Waals surface area contributed by atoms with Gasteiger partial charge in [-0.05, 0) is 23.6 Å². The van der Waals surface area contributed by atoms with Gasteiger partial charge < -0.3 is 5.32 Å². The number of anilines is 1. The van der Waals surface area contributed by atoms with Gasteiger partial charge >= 0.3 is 6.03 Å². The normalized spacial score (nSPS) is 10.4. The molecular weight excluding hydrogens is 358 g/mol. The van der Waals surface area contributed by atoms with Crippen molar-refractivity contribution in [3.05, 3.63) is 58.5 Å². The van der Waals surface area contributed by atoms with Crippen LogP contribution in [-0.4, -0.2) is 32.9 Å². The molecule has 3 amide bonds. The van der Waals surface area contributed by atoms with Crippen LogP contribution in [0.5, 0.6) is 0 Å². The highest BCUT2D eigenvalue weighted by Crippen LogP contribution is 2.16. The molecule has 9 heteroatoms. The van der Waals surface area contributed by atoms with Gasteiger partial charge in [-0.2, -0.15) is 0 Å². The number of rotatable bonds is 6. The minimum atomic E-state index is -0.565. The maximum absolute atomic E-state index is 11.8. The molecule has 0 aliphatic carbocycles. The van der Waals surface area contributed by atoms with Crippen molar-refractivity contribution >= 4 is 40.7 Å². The van der Waals surface area contributed by atoms with Gasteiger partial charge in [0.25, 0.3) is 0 Å². The lowest BCUT2D eigenvalue weighted by Gasteiger charge is -2.05. The van der Waals surface area contributed by atoms with Crippen molar-refractivity contribution < 1.29 is 9.59 Å². The van der Waals surface area contributed by atoms with Gasteiger partial charge in [0.2, 0.25) is 11.1 Å². The molecule has 0 unspecified atom stereocenters. The second-order valence-electron chi connectivity index (χ2n) is 4.98. The van der Waals surface area contributed by atoms with Gasteiger partial charge in [0.05, 0.1) is 5.75 Å². The van der Waals surface area contributed by atoms with E-state index in [0.717, 1.165) is 5.82 Å². The fourth-order valence-corrected chi connectivity index (χ4v) is 3.30. The van der Waals surface area contributed by atoms with Crippen molar-refractivity contribution in [3.8, 4) is 0 Å². The Bertz CT molecular complexity index is 833. The minimum absolute atomic E-state index is 0.0541. The van der Waals surface area contributed by atoms with E-state index in [0.29, 0.717) is 17.3 Å². The van der Waals surface area contributed by atoms with E-state index in [-0.39, 0.29) is 5.75 Å². The molecule has 128 valence electrons. The topological polar surface area (TPSA) is 99.8 Å². The van der Waals surface area contributed by atoms with Crippen molar-refractivity contribution in [2.75, 3.05) is 11.1 Å². The molecule has 0 saturated carbocycles. The van der Waals surface area contributed by atoms with Crippen LogP contribution in [0.15, 0.2) is 53.0 Å². The van der Waals surface area contributed by atoms with Crippen LogP contribution in [0.3, 0.4) is 0 Å². The number of thioether (sulfide) groups is 1. The number of thiophene rings is 1. The largest absolute Gasteiger partial charge is 0.325 e. The van der Waals surface area contributed by atoms with Crippen molar-refractivity contribution in [3.63, 3.8) is 0 Å². The third-order valence-electron chi connectivity index (χ3n) is 3.05. The minimum Gasteiger partial charge on any atom is -0.308 e. The van der Waals surface area contributed by atoms with Crippen LogP contribution in [-0.2, 0) is 11.2 Å². The number of hydrogen-bond donors (Lipinski definition) is 3. The summed E-state index contributed by atoms with van der Waals surface area (Å²) in [5.41, 5.74) is 0.618. The summed E-state index contributed by atoms with van der Waals surface area (Å²) in [4.78, 5) is 29.1. The Labute approximate surface area is 152 Å². The number of hydrogen-bond acceptors (Lipinski definition) is 6. The van der Waals surface area contributed by atoms with E-state index >= 15 is 0 Å². The van der Waals surface area contributed by atoms with E-state index < -0.39 is 11.9 Å². The molecule has 0 fully saturated rings. The van der Waals surface area contributed by atoms with E-state index in [4.69, 9.17) is 0 Å². The third kappa shape index (κ3) is 5.44. The first kappa shape index (κ1) is 17.2. The number of amides is 3. The van der Waals surface area contributed by atoms with E-state index in [2.05, 4.69) is 25.8 Å². The molecule has 0 atom stereocenters. The lowest BCUT2D eigenvalue weighted by Crippen LogP contribution is -2.35.